The van der Waals surface area contributed by atoms with Crippen molar-refractivity contribution >= 4 is 34.1 Å². The zero-order valence-electron chi connectivity index (χ0n) is 16.5. The van der Waals surface area contributed by atoms with E-state index in [0.717, 1.165) is 16.5 Å². The molecule has 0 unspecified atom stereocenters. The van der Waals surface area contributed by atoms with Gasteiger partial charge in [-0.3, -0.25) is 9.48 Å². The Morgan fingerprint density at radius 3 is 2.45 bits per heavy atom. The Bertz CT molecular complexity index is 1350. The van der Waals surface area contributed by atoms with E-state index in [2.05, 4.69) is 17.4 Å². The Morgan fingerprint density at radius 2 is 1.65 bits per heavy atom. The first-order valence-electron chi connectivity index (χ1n) is 9.84. The lowest BCUT2D eigenvalue weighted by Crippen LogP contribution is -2.10. The molecule has 0 radical (unpaired) electrons. The molecule has 2 heterocycles. The average molecular weight is 428 g/mol. The molecule has 6 heteroatoms. The molecular weight excluding hydrogens is 410 g/mol. The summed E-state index contributed by atoms with van der Waals surface area (Å²) in [6, 6.07) is 28.5. The van der Waals surface area contributed by atoms with Crippen LogP contribution in [0, 0.1) is 0 Å². The Morgan fingerprint density at radius 1 is 0.903 bits per heavy atom. The number of hydrogen-bond donors (Lipinski definition) is 1. The summed E-state index contributed by atoms with van der Waals surface area (Å²) in [6.45, 7) is 0.645. The zero-order chi connectivity index (χ0) is 21.2. The van der Waals surface area contributed by atoms with Gasteiger partial charge in [0.2, 0.25) is 0 Å². The third kappa shape index (κ3) is 3.96. The number of para-hydroxylation sites is 1. The molecule has 0 spiro atoms. The normalized spacial score (nSPS) is 11.0. The number of aromatic nitrogens is 2. The van der Waals surface area contributed by atoms with E-state index < -0.39 is 0 Å². The van der Waals surface area contributed by atoms with Crippen molar-refractivity contribution in [1.29, 1.82) is 0 Å². The monoisotopic (exact) mass is 427 g/mol. The minimum atomic E-state index is -0.332. The number of carbonyl (C=O) groups excluding carboxylic acids is 1. The van der Waals surface area contributed by atoms with Gasteiger partial charge in [0.15, 0.2) is 11.5 Å². The van der Waals surface area contributed by atoms with Gasteiger partial charge in [0.25, 0.3) is 5.91 Å². The van der Waals surface area contributed by atoms with Crippen molar-refractivity contribution in [3.8, 4) is 11.5 Å². The smallest absolute Gasteiger partial charge is 0.291 e. The standard InChI is InChI=1S/C25H18ClN3O2/c26-18-10-12-19(13-11-18)27-25(30)23-15-14-22(31-23)24-20-8-4-5-9-21(20)29(28-24)16-17-6-2-1-3-7-17/h1-15H,16H2,(H,27,30). The van der Waals surface area contributed by atoms with Gasteiger partial charge in [0.1, 0.15) is 5.69 Å². The predicted molar refractivity (Wildman–Crippen MR) is 122 cm³/mol. The molecule has 0 bridgehead atoms. The maximum absolute atomic E-state index is 12.6. The SMILES string of the molecule is O=C(Nc1ccc(Cl)cc1)c1ccc(-c2nn(Cc3ccccc3)c3ccccc23)o1. The molecule has 0 aliphatic heterocycles. The maximum Gasteiger partial charge on any atom is 0.291 e. The van der Waals surface area contributed by atoms with E-state index in [-0.39, 0.29) is 11.7 Å². The highest BCUT2D eigenvalue weighted by atomic mass is 35.5. The first kappa shape index (κ1) is 19.2. The van der Waals surface area contributed by atoms with E-state index in [1.807, 2.05) is 47.1 Å². The molecule has 0 saturated heterocycles. The van der Waals surface area contributed by atoms with E-state index in [0.29, 0.717) is 28.7 Å². The van der Waals surface area contributed by atoms with Crippen LogP contribution in [-0.4, -0.2) is 15.7 Å². The van der Waals surface area contributed by atoms with Crippen molar-refractivity contribution < 1.29 is 9.21 Å². The summed E-state index contributed by atoms with van der Waals surface area (Å²) >= 11 is 5.90. The van der Waals surface area contributed by atoms with Gasteiger partial charge < -0.3 is 9.73 Å². The summed E-state index contributed by atoms with van der Waals surface area (Å²) < 4.78 is 7.84. The minimum absolute atomic E-state index is 0.214. The molecule has 1 N–H and O–H groups in total. The van der Waals surface area contributed by atoms with Crippen LogP contribution in [0.3, 0.4) is 0 Å². The lowest BCUT2D eigenvalue weighted by atomic mass is 10.2. The second-order valence-electron chi connectivity index (χ2n) is 7.13. The van der Waals surface area contributed by atoms with Crippen molar-refractivity contribution in [2.24, 2.45) is 0 Å². The van der Waals surface area contributed by atoms with Gasteiger partial charge in [-0.15, -0.1) is 0 Å². The molecule has 1 amide bonds. The van der Waals surface area contributed by atoms with Gasteiger partial charge in [-0.25, -0.2) is 0 Å². The number of halogens is 1. The van der Waals surface area contributed by atoms with Crippen LogP contribution >= 0.6 is 11.6 Å². The third-order valence-corrected chi connectivity index (χ3v) is 5.25. The molecule has 5 nitrogen and oxygen atoms in total. The number of hydrogen-bond acceptors (Lipinski definition) is 3. The second-order valence-corrected chi connectivity index (χ2v) is 7.57. The van der Waals surface area contributed by atoms with Crippen LogP contribution in [-0.2, 0) is 6.54 Å². The summed E-state index contributed by atoms with van der Waals surface area (Å²) in [5.41, 5.74) is 3.51. The third-order valence-electron chi connectivity index (χ3n) is 5.00. The first-order valence-corrected chi connectivity index (χ1v) is 10.2. The van der Waals surface area contributed by atoms with E-state index >= 15 is 0 Å². The number of rotatable bonds is 5. The van der Waals surface area contributed by atoms with E-state index in [1.54, 1.807) is 36.4 Å². The topological polar surface area (TPSA) is 60.1 Å². The fourth-order valence-corrected chi connectivity index (χ4v) is 3.63. The Hall–Kier alpha value is -3.83. The average Bonchev–Trinajstić information content (AvgIpc) is 3.42. The number of anilines is 1. The van der Waals surface area contributed by atoms with E-state index in [1.165, 1.54) is 0 Å². The minimum Gasteiger partial charge on any atom is -0.449 e. The molecule has 31 heavy (non-hydrogen) atoms. The Balaban J connectivity index is 1.45. The van der Waals surface area contributed by atoms with Crippen molar-refractivity contribution in [3.63, 3.8) is 0 Å². The fraction of sp³-hybridized carbons (Fsp3) is 0.0400. The van der Waals surface area contributed by atoms with Gasteiger partial charge in [-0.05, 0) is 48.0 Å². The quantitative estimate of drug-likeness (QED) is 0.360. The van der Waals surface area contributed by atoms with E-state index in [4.69, 9.17) is 21.1 Å². The van der Waals surface area contributed by atoms with Crippen molar-refractivity contribution in [2.45, 2.75) is 6.54 Å². The number of furan rings is 1. The van der Waals surface area contributed by atoms with Crippen LogP contribution < -0.4 is 5.32 Å². The van der Waals surface area contributed by atoms with E-state index in [9.17, 15) is 4.79 Å². The van der Waals surface area contributed by atoms with Gasteiger partial charge in [-0.1, -0.05) is 60.1 Å². The highest BCUT2D eigenvalue weighted by Crippen LogP contribution is 2.30. The molecule has 5 rings (SSSR count). The number of fused-ring (bicyclic) bond motifs is 1. The van der Waals surface area contributed by atoms with Crippen molar-refractivity contribution in [2.75, 3.05) is 5.32 Å². The van der Waals surface area contributed by atoms with Crippen LogP contribution in [0.5, 0.6) is 0 Å². The van der Waals surface area contributed by atoms with Gasteiger partial charge >= 0.3 is 0 Å². The van der Waals surface area contributed by atoms with Crippen LogP contribution in [0.15, 0.2) is 95.4 Å². The zero-order valence-corrected chi connectivity index (χ0v) is 17.2. The van der Waals surface area contributed by atoms with Crippen LogP contribution in [0.25, 0.3) is 22.4 Å². The Labute approximate surface area is 183 Å². The molecule has 0 aliphatic carbocycles. The summed E-state index contributed by atoms with van der Waals surface area (Å²) in [7, 11) is 0. The van der Waals surface area contributed by atoms with Crippen LogP contribution in [0.1, 0.15) is 16.1 Å². The summed E-state index contributed by atoms with van der Waals surface area (Å²) in [5.74, 6) is 0.428. The first-order chi connectivity index (χ1) is 15.2. The largest absolute Gasteiger partial charge is 0.449 e. The summed E-state index contributed by atoms with van der Waals surface area (Å²) in [4.78, 5) is 12.6. The predicted octanol–water partition coefficient (Wildman–Crippen LogP) is 6.25. The number of carbonyl (C=O) groups is 1. The summed E-state index contributed by atoms with van der Waals surface area (Å²) in [5, 5.41) is 9.18. The molecular formula is C25H18ClN3O2. The lowest BCUT2D eigenvalue weighted by Gasteiger charge is -2.03. The highest BCUT2D eigenvalue weighted by Gasteiger charge is 2.18. The fourth-order valence-electron chi connectivity index (χ4n) is 3.50. The molecule has 5 aromatic rings. The maximum atomic E-state index is 12.6. The number of nitrogens with one attached hydrogen (secondary N) is 1. The lowest BCUT2D eigenvalue weighted by molar-refractivity contribution is 0.0997. The molecule has 0 saturated carbocycles. The summed E-state index contributed by atoms with van der Waals surface area (Å²) in [6.07, 6.45) is 0. The highest BCUT2D eigenvalue weighted by molar-refractivity contribution is 6.30. The second kappa shape index (κ2) is 8.13. The Kier molecular flexibility index (Phi) is 5.02. The van der Waals surface area contributed by atoms with Gasteiger partial charge in [0, 0.05) is 16.1 Å². The molecule has 0 fully saturated rings. The molecule has 2 aromatic heterocycles. The van der Waals surface area contributed by atoms with Crippen molar-refractivity contribution in [1.82, 2.24) is 9.78 Å². The van der Waals surface area contributed by atoms with Gasteiger partial charge in [-0.2, -0.15) is 5.10 Å². The molecule has 152 valence electrons. The molecule has 3 aromatic carbocycles. The number of amides is 1. The number of nitrogens with zero attached hydrogens (tertiary/aromatic N) is 2. The molecule has 0 atom stereocenters. The van der Waals surface area contributed by atoms with Crippen LogP contribution in [0.4, 0.5) is 5.69 Å². The van der Waals surface area contributed by atoms with Crippen molar-refractivity contribution in [3.05, 3.63) is 107 Å². The van der Waals surface area contributed by atoms with Crippen LogP contribution in [0.2, 0.25) is 5.02 Å². The number of benzene rings is 3. The van der Waals surface area contributed by atoms with Gasteiger partial charge in [0.05, 0.1) is 12.1 Å². The molecule has 0 aliphatic rings.